The highest BCUT2D eigenvalue weighted by atomic mass is 16.5. The van der Waals surface area contributed by atoms with E-state index in [9.17, 15) is 24.3 Å². The van der Waals surface area contributed by atoms with Gasteiger partial charge in [-0.2, -0.15) is 0 Å². The van der Waals surface area contributed by atoms with Gasteiger partial charge in [-0.15, -0.1) is 0 Å². The van der Waals surface area contributed by atoms with Crippen molar-refractivity contribution in [1.82, 2.24) is 30.2 Å². The summed E-state index contributed by atoms with van der Waals surface area (Å²) < 4.78 is 11.9. The number of carbonyl (C=O) groups is 4. The van der Waals surface area contributed by atoms with Crippen molar-refractivity contribution in [2.75, 3.05) is 67.6 Å². The third-order valence-electron chi connectivity index (χ3n) is 11.2. The number of amides is 5. The number of methoxy groups -OCH3 is 2. The van der Waals surface area contributed by atoms with Crippen LogP contribution in [0.15, 0.2) is 30.3 Å². The number of nitrogens with zero attached hydrogens (tertiary/aromatic N) is 4. The van der Waals surface area contributed by atoms with Crippen molar-refractivity contribution in [3.05, 3.63) is 35.9 Å². The minimum atomic E-state index is -0.742. The van der Waals surface area contributed by atoms with E-state index in [2.05, 4.69) is 22.5 Å². The van der Waals surface area contributed by atoms with E-state index in [1.807, 2.05) is 58.2 Å². The Morgan fingerprint density at radius 3 is 2.17 bits per heavy atom. The Morgan fingerprint density at radius 1 is 0.962 bits per heavy atom. The van der Waals surface area contributed by atoms with Crippen LogP contribution < -0.4 is 10.6 Å². The SMILES string of the molecule is CC[C@H](C)[C@@H]([C@@H](CC(=O)N1CCC[C@H]1[C@H](OC)[C@@H](C)C(=O)N[C@H](CO)Cc1ccccc1)OC)N(C)C(=O)[C@@H](NC(=O)N1CCN(C)CC1)C(C)C. The number of likely N-dealkylation sites (tertiary alicyclic amines) is 1. The molecule has 0 radical (unpaired) electrons. The third kappa shape index (κ3) is 11.4. The molecular weight excluding hydrogens is 664 g/mol. The number of nitrogens with one attached hydrogen (secondary N) is 2. The maximum absolute atomic E-state index is 14.2. The molecule has 0 aliphatic carbocycles. The van der Waals surface area contributed by atoms with E-state index in [-0.39, 0.29) is 54.7 Å². The van der Waals surface area contributed by atoms with Crippen LogP contribution in [0, 0.1) is 17.8 Å². The van der Waals surface area contributed by atoms with Gasteiger partial charge in [0, 0.05) is 54.0 Å². The van der Waals surface area contributed by atoms with Gasteiger partial charge in [0.2, 0.25) is 17.7 Å². The maximum atomic E-state index is 14.2. The zero-order chi connectivity index (χ0) is 38.5. The van der Waals surface area contributed by atoms with Crippen molar-refractivity contribution in [3.8, 4) is 0 Å². The van der Waals surface area contributed by atoms with Crippen molar-refractivity contribution >= 4 is 23.8 Å². The number of benzene rings is 1. The van der Waals surface area contributed by atoms with E-state index >= 15 is 0 Å². The van der Waals surface area contributed by atoms with E-state index in [0.717, 1.165) is 31.5 Å². The quantitative estimate of drug-likeness (QED) is 0.209. The summed E-state index contributed by atoms with van der Waals surface area (Å²) in [6.07, 6.45) is 1.57. The molecule has 3 rings (SSSR count). The zero-order valence-electron chi connectivity index (χ0n) is 33.0. The number of piperazine rings is 1. The second kappa shape index (κ2) is 20.8. The number of likely N-dealkylation sites (N-methyl/N-ethyl adjacent to an activating group) is 2. The Balaban J connectivity index is 1.73. The highest BCUT2D eigenvalue weighted by Gasteiger charge is 2.43. The molecule has 8 atom stereocenters. The molecule has 0 spiro atoms. The van der Waals surface area contributed by atoms with Gasteiger partial charge in [0.15, 0.2) is 0 Å². The summed E-state index contributed by atoms with van der Waals surface area (Å²) in [6.45, 7) is 12.8. The number of urea groups is 1. The lowest BCUT2D eigenvalue weighted by Crippen LogP contribution is -2.60. The first-order valence-electron chi connectivity index (χ1n) is 19.1. The molecule has 2 saturated heterocycles. The average Bonchev–Trinajstić information content (AvgIpc) is 3.63. The molecule has 1 aromatic carbocycles. The summed E-state index contributed by atoms with van der Waals surface area (Å²) in [6, 6.07) is 7.49. The molecule has 1 aromatic rings. The van der Waals surface area contributed by atoms with Crippen molar-refractivity contribution in [3.63, 3.8) is 0 Å². The van der Waals surface area contributed by atoms with E-state index in [1.54, 1.807) is 42.9 Å². The van der Waals surface area contributed by atoms with E-state index in [1.165, 1.54) is 0 Å². The lowest BCUT2D eigenvalue weighted by molar-refractivity contribution is -0.147. The molecule has 13 nitrogen and oxygen atoms in total. The summed E-state index contributed by atoms with van der Waals surface area (Å²) in [5.41, 5.74) is 1.01. The summed E-state index contributed by atoms with van der Waals surface area (Å²) in [4.78, 5) is 62.4. The second-order valence-electron chi connectivity index (χ2n) is 15.1. The number of aliphatic hydroxyl groups excluding tert-OH is 1. The number of aliphatic hydroxyl groups is 1. The molecule has 2 fully saturated rings. The molecule has 0 unspecified atom stereocenters. The van der Waals surface area contributed by atoms with Crippen LogP contribution in [0.25, 0.3) is 0 Å². The first kappa shape index (κ1) is 43.1. The Labute approximate surface area is 311 Å². The van der Waals surface area contributed by atoms with Crippen molar-refractivity contribution in [2.45, 2.75) is 103 Å². The minimum Gasteiger partial charge on any atom is -0.394 e. The van der Waals surface area contributed by atoms with Gasteiger partial charge >= 0.3 is 6.03 Å². The molecule has 5 amide bonds. The molecule has 0 aromatic heterocycles. The molecule has 13 heteroatoms. The fourth-order valence-electron chi connectivity index (χ4n) is 7.67. The van der Waals surface area contributed by atoms with Crippen LogP contribution in [0.2, 0.25) is 0 Å². The first-order valence-corrected chi connectivity index (χ1v) is 19.1. The van der Waals surface area contributed by atoms with Gasteiger partial charge in [-0.3, -0.25) is 14.4 Å². The molecule has 294 valence electrons. The smallest absolute Gasteiger partial charge is 0.318 e. The van der Waals surface area contributed by atoms with Crippen molar-refractivity contribution in [2.24, 2.45) is 17.8 Å². The third-order valence-corrected chi connectivity index (χ3v) is 11.2. The number of hydrogen-bond acceptors (Lipinski definition) is 8. The molecule has 2 aliphatic heterocycles. The first-order chi connectivity index (χ1) is 24.8. The Morgan fingerprint density at radius 2 is 1.62 bits per heavy atom. The van der Waals surface area contributed by atoms with Gasteiger partial charge in [-0.05, 0) is 43.7 Å². The summed E-state index contributed by atoms with van der Waals surface area (Å²) in [7, 11) is 6.90. The Kier molecular flexibility index (Phi) is 17.3. The van der Waals surface area contributed by atoms with Gasteiger partial charge < -0.3 is 44.8 Å². The van der Waals surface area contributed by atoms with Crippen LogP contribution in [-0.4, -0.2) is 152 Å². The van der Waals surface area contributed by atoms with Crippen molar-refractivity contribution < 1.29 is 33.8 Å². The largest absolute Gasteiger partial charge is 0.394 e. The minimum absolute atomic E-state index is 0.00646. The summed E-state index contributed by atoms with van der Waals surface area (Å²) >= 11 is 0. The topological polar surface area (TPSA) is 144 Å². The molecule has 2 aliphatic rings. The Bertz CT molecular complexity index is 1280. The van der Waals surface area contributed by atoms with Crippen molar-refractivity contribution in [1.29, 1.82) is 0 Å². The number of hydrogen-bond donors (Lipinski definition) is 3. The van der Waals surface area contributed by atoms with E-state index in [0.29, 0.717) is 32.5 Å². The van der Waals surface area contributed by atoms with Crippen LogP contribution >= 0.6 is 0 Å². The predicted octanol–water partition coefficient (Wildman–Crippen LogP) is 2.61. The van der Waals surface area contributed by atoms with Gasteiger partial charge in [-0.1, -0.05) is 71.4 Å². The molecule has 2 heterocycles. The highest BCUT2D eigenvalue weighted by Crippen LogP contribution is 2.29. The van der Waals surface area contributed by atoms with Crippen LogP contribution in [0.4, 0.5) is 4.79 Å². The standard InChI is InChI=1S/C39H66N6O7/c1-10-27(4)35(43(7)38(49)34(26(2)3)41-39(50)44-21-19-42(6)20-22-44)32(51-8)24-33(47)45-18-14-17-31(45)36(52-9)28(5)37(48)40-30(25-46)23-29-15-12-11-13-16-29/h11-13,15-16,26-28,30-32,34-36,46H,10,14,17-25H2,1-9H3,(H,40,48)(H,41,50)/t27-,28+,30-,31-,32+,34-,35-,36+/m0/s1. The fraction of sp³-hybridized carbons (Fsp3) is 0.744. The molecule has 0 saturated carbocycles. The monoisotopic (exact) mass is 730 g/mol. The molecule has 52 heavy (non-hydrogen) atoms. The summed E-state index contributed by atoms with van der Waals surface area (Å²) in [5, 5.41) is 16.0. The van der Waals surface area contributed by atoms with Gasteiger partial charge in [0.05, 0.1) is 49.3 Å². The van der Waals surface area contributed by atoms with E-state index < -0.39 is 36.3 Å². The van der Waals surface area contributed by atoms with Crippen LogP contribution in [0.1, 0.15) is 65.9 Å². The van der Waals surface area contributed by atoms with Crippen LogP contribution in [0.5, 0.6) is 0 Å². The second-order valence-corrected chi connectivity index (χ2v) is 15.1. The fourth-order valence-corrected chi connectivity index (χ4v) is 7.67. The Hall–Kier alpha value is -3.26. The molecule has 0 bridgehead atoms. The number of ether oxygens (including phenoxy) is 2. The number of rotatable bonds is 18. The summed E-state index contributed by atoms with van der Waals surface area (Å²) in [5.74, 6) is -1.34. The molecular formula is C39H66N6O7. The normalized spacial score (nSPS) is 20.8. The average molecular weight is 731 g/mol. The zero-order valence-corrected chi connectivity index (χ0v) is 33.0. The number of carbonyl (C=O) groups excluding carboxylic acids is 4. The lowest BCUT2D eigenvalue weighted by atomic mass is 9.89. The van der Waals surface area contributed by atoms with E-state index in [4.69, 9.17) is 9.47 Å². The maximum Gasteiger partial charge on any atom is 0.318 e. The lowest BCUT2D eigenvalue weighted by Gasteiger charge is -2.41. The van der Waals surface area contributed by atoms with Gasteiger partial charge in [0.1, 0.15) is 6.04 Å². The predicted molar refractivity (Wildman–Crippen MR) is 202 cm³/mol. The van der Waals surface area contributed by atoms with Crippen LogP contribution in [0.3, 0.4) is 0 Å². The van der Waals surface area contributed by atoms with Gasteiger partial charge in [-0.25, -0.2) is 4.79 Å². The molecule has 3 N–H and O–H groups in total. The van der Waals surface area contributed by atoms with Crippen LogP contribution in [-0.2, 0) is 30.3 Å². The highest BCUT2D eigenvalue weighted by molar-refractivity contribution is 5.87. The van der Waals surface area contributed by atoms with Gasteiger partial charge in [0.25, 0.3) is 0 Å².